The van der Waals surface area contributed by atoms with Gasteiger partial charge in [-0.1, -0.05) is 26.8 Å². The zero-order chi connectivity index (χ0) is 16.8. The first-order valence-electron chi connectivity index (χ1n) is 7.21. The van der Waals surface area contributed by atoms with Crippen LogP contribution in [-0.4, -0.2) is 26.6 Å². The van der Waals surface area contributed by atoms with Gasteiger partial charge in [-0.2, -0.15) is 0 Å². The van der Waals surface area contributed by atoms with Crippen LogP contribution < -0.4 is 16.0 Å². The van der Waals surface area contributed by atoms with E-state index in [4.69, 9.17) is 4.74 Å². The third-order valence-corrected chi connectivity index (χ3v) is 3.57. The number of methoxy groups -OCH3 is 1. The highest BCUT2D eigenvalue weighted by atomic mass is 16.5. The van der Waals surface area contributed by atoms with E-state index < -0.39 is 11.2 Å². The Kier molecular flexibility index (Phi) is 3.35. The Morgan fingerprint density at radius 3 is 2.57 bits per heavy atom. The number of H-pyrrole nitrogens is 2. The van der Waals surface area contributed by atoms with Gasteiger partial charge in [-0.25, -0.2) is 14.3 Å². The molecule has 0 unspecified atom stereocenters. The molecule has 0 saturated carbocycles. The van der Waals surface area contributed by atoms with E-state index in [2.05, 4.69) is 15.0 Å². The molecule has 0 bridgehead atoms. The molecule has 0 spiro atoms. The van der Waals surface area contributed by atoms with Crippen molar-refractivity contribution in [3.8, 4) is 11.4 Å². The molecule has 2 N–H and O–H groups in total. The summed E-state index contributed by atoms with van der Waals surface area (Å²) in [6, 6.07) is 7.02. The van der Waals surface area contributed by atoms with Crippen LogP contribution in [0.1, 0.15) is 26.6 Å². The van der Waals surface area contributed by atoms with E-state index >= 15 is 0 Å². The molecular formula is C16H18N4O3. The average molecular weight is 314 g/mol. The molecule has 0 aliphatic heterocycles. The maximum atomic E-state index is 12.3. The first kappa shape index (κ1) is 15.1. The Labute approximate surface area is 132 Å². The summed E-state index contributed by atoms with van der Waals surface area (Å²) in [6.07, 6.45) is 0. The molecule has 0 aliphatic rings. The van der Waals surface area contributed by atoms with Crippen molar-refractivity contribution in [3.05, 3.63) is 50.9 Å². The van der Waals surface area contributed by atoms with E-state index in [9.17, 15) is 9.59 Å². The monoisotopic (exact) mass is 314 g/mol. The quantitative estimate of drug-likeness (QED) is 0.753. The summed E-state index contributed by atoms with van der Waals surface area (Å²) in [6.45, 7) is 5.94. The van der Waals surface area contributed by atoms with Crippen LogP contribution in [0.5, 0.6) is 5.75 Å². The number of imidazole rings is 1. The Morgan fingerprint density at radius 1 is 1.17 bits per heavy atom. The molecule has 0 aliphatic carbocycles. The summed E-state index contributed by atoms with van der Waals surface area (Å²) in [5.74, 6) is 1.25. The first-order valence-corrected chi connectivity index (χ1v) is 7.21. The summed E-state index contributed by atoms with van der Waals surface area (Å²) in [5.41, 5.74) is -0.146. The van der Waals surface area contributed by atoms with Gasteiger partial charge in [-0.05, 0) is 12.1 Å². The van der Waals surface area contributed by atoms with Crippen LogP contribution in [-0.2, 0) is 5.41 Å². The first-order chi connectivity index (χ1) is 10.8. The lowest BCUT2D eigenvalue weighted by Gasteiger charge is -2.13. The lowest BCUT2D eigenvalue weighted by molar-refractivity contribution is 0.414. The number of fused-ring (bicyclic) bond motifs is 1. The molecule has 3 rings (SSSR count). The molecule has 23 heavy (non-hydrogen) atoms. The molecule has 7 nitrogen and oxygen atoms in total. The molecule has 2 aromatic heterocycles. The van der Waals surface area contributed by atoms with Crippen LogP contribution in [0.2, 0.25) is 0 Å². The smallest absolute Gasteiger partial charge is 0.334 e. The fraction of sp³-hybridized carbons (Fsp3) is 0.312. The van der Waals surface area contributed by atoms with Crippen molar-refractivity contribution in [2.24, 2.45) is 0 Å². The van der Waals surface area contributed by atoms with Crippen LogP contribution in [0.25, 0.3) is 16.9 Å². The Hall–Kier alpha value is -2.83. The second-order valence-electron chi connectivity index (χ2n) is 6.33. The number of rotatable bonds is 2. The predicted octanol–water partition coefficient (Wildman–Crippen LogP) is 1.71. The minimum Gasteiger partial charge on any atom is -0.497 e. The Balaban J connectivity index is 2.38. The number of ether oxygens (including phenoxy) is 1. The third-order valence-electron chi connectivity index (χ3n) is 3.57. The predicted molar refractivity (Wildman–Crippen MR) is 87.6 cm³/mol. The summed E-state index contributed by atoms with van der Waals surface area (Å²) < 4.78 is 6.56. The standard InChI is InChI=1S/C16H18N4O3/c1-16(2,3)14-17-11-12(18-14)20(15(22)19-13(11)21)9-6-5-7-10(8-9)23-4/h5-8H,1-4H3,(H,17,18)(H,19,21,22). The van der Waals surface area contributed by atoms with Crippen molar-refractivity contribution in [1.82, 2.24) is 19.5 Å². The average Bonchev–Trinajstić information content (AvgIpc) is 2.93. The molecule has 0 radical (unpaired) electrons. The number of nitrogens with zero attached hydrogens (tertiary/aromatic N) is 2. The fourth-order valence-corrected chi connectivity index (χ4v) is 2.34. The van der Waals surface area contributed by atoms with Gasteiger partial charge in [0.25, 0.3) is 5.56 Å². The van der Waals surface area contributed by atoms with Gasteiger partial charge in [0.15, 0.2) is 5.65 Å². The third kappa shape index (κ3) is 2.54. The van der Waals surface area contributed by atoms with Crippen molar-refractivity contribution in [1.29, 1.82) is 0 Å². The molecule has 2 heterocycles. The number of hydrogen-bond donors (Lipinski definition) is 2. The minimum absolute atomic E-state index is 0.275. The number of aromatic amines is 2. The topological polar surface area (TPSA) is 92.8 Å². The number of aromatic nitrogens is 4. The molecule has 0 fully saturated rings. The molecule has 0 atom stereocenters. The summed E-state index contributed by atoms with van der Waals surface area (Å²) >= 11 is 0. The van der Waals surface area contributed by atoms with Gasteiger partial charge < -0.3 is 9.72 Å². The Bertz CT molecular complexity index is 989. The maximum Gasteiger partial charge on any atom is 0.334 e. The zero-order valence-electron chi connectivity index (χ0n) is 13.4. The lowest BCUT2D eigenvalue weighted by atomic mass is 9.96. The van der Waals surface area contributed by atoms with E-state index in [1.165, 1.54) is 4.57 Å². The van der Waals surface area contributed by atoms with Gasteiger partial charge in [-0.15, -0.1) is 0 Å². The molecule has 7 heteroatoms. The van der Waals surface area contributed by atoms with E-state index in [0.29, 0.717) is 22.9 Å². The van der Waals surface area contributed by atoms with Crippen LogP contribution in [0, 0.1) is 0 Å². The largest absolute Gasteiger partial charge is 0.497 e. The molecule has 0 saturated heterocycles. The van der Waals surface area contributed by atoms with Crippen LogP contribution in [0.3, 0.4) is 0 Å². The van der Waals surface area contributed by atoms with Crippen molar-refractivity contribution in [2.45, 2.75) is 26.2 Å². The fourth-order valence-electron chi connectivity index (χ4n) is 2.34. The second kappa shape index (κ2) is 5.12. The van der Waals surface area contributed by atoms with Gasteiger partial charge in [0.05, 0.1) is 12.8 Å². The molecule has 1 aromatic carbocycles. The highest BCUT2D eigenvalue weighted by molar-refractivity contribution is 5.72. The molecule has 120 valence electrons. The van der Waals surface area contributed by atoms with Crippen LogP contribution >= 0.6 is 0 Å². The van der Waals surface area contributed by atoms with Crippen molar-refractivity contribution < 1.29 is 4.74 Å². The van der Waals surface area contributed by atoms with Crippen molar-refractivity contribution >= 4 is 11.2 Å². The lowest BCUT2D eigenvalue weighted by Crippen LogP contribution is -2.29. The highest BCUT2D eigenvalue weighted by Crippen LogP contribution is 2.22. The summed E-state index contributed by atoms with van der Waals surface area (Å²) in [4.78, 5) is 34.2. The molecular weight excluding hydrogens is 296 g/mol. The van der Waals surface area contributed by atoms with E-state index in [1.54, 1.807) is 31.4 Å². The maximum absolute atomic E-state index is 12.3. The van der Waals surface area contributed by atoms with E-state index in [0.717, 1.165) is 0 Å². The second-order valence-corrected chi connectivity index (χ2v) is 6.33. The number of hydrogen-bond acceptors (Lipinski definition) is 4. The minimum atomic E-state index is -0.539. The van der Waals surface area contributed by atoms with Crippen molar-refractivity contribution in [2.75, 3.05) is 7.11 Å². The highest BCUT2D eigenvalue weighted by Gasteiger charge is 2.22. The zero-order valence-corrected chi connectivity index (χ0v) is 13.4. The van der Waals surface area contributed by atoms with Crippen molar-refractivity contribution in [3.63, 3.8) is 0 Å². The number of benzene rings is 1. The van der Waals surface area contributed by atoms with Crippen LogP contribution in [0.15, 0.2) is 33.9 Å². The van der Waals surface area contributed by atoms with Gasteiger partial charge in [0.2, 0.25) is 0 Å². The summed E-state index contributed by atoms with van der Waals surface area (Å²) in [7, 11) is 1.55. The van der Waals surface area contributed by atoms with Gasteiger partial charge in [0, 0.05) is 11.5 Å². The summed E-state index contributed by atoms with van der Waals surface area (Å²) in [5, 5.41) is 0. The van der Waals surface area contributed by atoms with E-state index in [-0.39, 0.29) is 10.9 Å². The van der Waals surface area contributed by atoms with Gasteiger partial charge in [0.1, 0.15) is 17.1 Å². The molecule has 0 amide bonds. The Morgan fingerprint density at radius 2 is 1.91 bits per heavy atom. The van der Waals surface area contributed by atoms with E-state index in [1.807, 2.05) is 20.8 Å². The van der Waals surface area contributed by atoms with Crippen LogP contribution in [0.4, 0.5) is 0 Å². The normalized spacial score (nSPS) is 11.8. The number of nitrogens with one attached hydrogen (secondary N) is 2. The SMILES string of the molecule is COc1cccc(-n2c(=O)[nH]c(=O)c3[nH]c(C(C)(C)C)nc32)c1. The van der Waals surface area contributed by atoms with Gasteiger partial charge in [-0.3, -0.25) is 9.78 Å². The van der Waals surface area contributed by atoms with Gasteiger partial charge >= 0.3 is 5.69 Å². The molecule has 3 aromatic rings.